The maximum absolute atomic E-state index is 13.2. The van der Waals surface area contributed by atoms with Gasteiger partial charge in [-0.25, -0.2) is 4.98 Å². The molecule has 0 aliphatic heterocycles. The molecule has 0 N–H and O–H groups in total. The number of hydrogen-bond acceptors (Lipinski definition) is 2. The lowest BCUT2D eigenvalue weighted by molar-refractivity contribution is 0.0985. The van der Waals surface area contributed by atoms with E-state index in [0.29, 0.717) is 12.1 Å². The van der Waals surface area contributed by atoms with Crippen molar-refractivity contribution in [3.63, 3.8) is 0 Å². The summed E-state index contributed by atoms with van der Waals surface area (Å²) in [4.78, 5) is 19.1. The molecule has 0 aliphatic carbocycles. The Labute approximate surface area is 146 Å². The zero-order valence-electron chi connectivity index (χ0n) is 13.6. The van der Waals surface area contributed by atoms with E-state index in [0.717, 1.165) is 16.8 Å². The predicted octanol–water partition coefficient (Wildman–Crippen LogP) is 4.18. The molecule has 4 aromatic rings. The number of carbonyl (C=O) groups is 1. The van der Waals surface area contributed by atoms with Crippen molar-refractivity contribution in [3.8, 4) is 0 Å². The first kappa shape index (κ1) is 15.1. The molecule has 0 unspecified atom stereocenters. The van der Waals surface area contributed by atoms with Crippen LogP contribution < -0.4 is 4.90 Å². The molecule has 2 aromatic heterocycles. The average molecular weight is 327 g/mol. The maximum atomic E-state index is 13.2. The van der Waals surface area contributed by atoms with Gasteiger partial charge >= 0.3 is 0 Å². The van der Waals surface area contributed by atoms with Gasteiger partial charge < -0.3 is 9.30 Å². The highest BCUT2D eigenvalue weighted by Crippen LogP contribution is 2.20. The fraction of sp³-hybridized carbons (Fsp3) is 0.0476. The quantitative estimate of drug-likeness (QED) is 0.564. The molecule has 2 heterocycles. The number of nitrogens with zero attached hydrogens (tertiary/aromatic N) is 3. The van der Waals surface area contributed by atoms with E-state index in [-0.39, 0.29) is 5.91 Å². The summed E-state index contributed by atoms with van der Waals surface area (Å²) in [5, 5.41) is 0. The molecule has 0 bridgehead atoms. The summed E-state index contributed by atoms with van der Waals surface area (Å²) in [6.45, 7) is 0.522. The Morgan fingerprint density at radius 1 is 0.960 bits per heavy atom. The number of benzene rings is 2. The number of anilines is 1. The van der Waals surface area contributed by atoms with Gasteiger partial charge in [-0.1, -0.05) is 48.5 Å². The van der Waals surface area contributed by atoms with Crippen molar-refractivity contribution in [2.45, 2.75) is 6.54 Å². The van der Waals surface area contributed by atoms with Crippen molar-refractivity contribution in [2.75, 3.05) is 4.90 Å². The molecule has 0 saturated heterocycles. The third-order valence-electron chi connectivity index (χ3n) is 4.16. The smallest absolute Gasteiger partial charge is 0.258 e. The van der Waals surface area contributed by atoms with Crippen LogP contribution in [-0.4, -0.2) is 15.3 Å². The molecular weight excluding hydrogens is 310 g/mol. The van der Waals surface area contributed by atoms with Crippen LogP contribution in [0.2, 0.25) is 0 Å². The molecule has 0 aliphatic rings. The van der Waals surface area contributed by atoms with Gasteiger partial charge in [-0.3, -0.25) is 4.79 Å². The summed E-state index contributed by atoms with van der Waals surface area (Å²) in [6, 6.07) is 23.5. The number of hydrogen-bond donors (Lipinski definition) is 0. The number of amides is 1. The number of fused-ring (bicyclic) bond motifs is 1. The molecular formula is C21H17N3O. The zero-order chi connectivity index (χ0) is 17.1. The highest BCUT2D eigenvalue weighted by Gasteiger charge is 2.18. The number of carbonyl (C=O) groups excluding carboxylic acids is 1. The van der Waals surface area contributed by atoms with Crippen LogP contribution in [0.3, 0.4) is 0 Å². The largest absolute Gasteiger partial charge is 0.306 e. The summed E-state index contributed by atoms with van der Waals surface area (Å²) in [7, 11) is 0. The van der Waals surface area contributed by atoms with Crippen LogP contribution in [0.4, 0.5) is 5.69 Å². The van der Waals surface area contributed by atoms with Gasteiger partial charge in [0.15, 0.2) is 0 Å². The van der Waals surface area contributed by atoms with Gasteiger partial charge in [-0.15, -0.1) is 0 Å². The molecule has 4 nitrogen and oxygen atoms in total. The van der Waals surface area contributed by atoms with Gasteiger partial charge in [0.2, 0.25) is 0 Å². The SMILES string of the molecule is O=C(c1ccn2cncc2c1)N(Cc1ccccc1)c1ccccc1. The van der Waals surface area contributed by atoms with Crippen LogP contribution in [0.25, 0.3) is 5.52 Å². The Kier molecular flexibility index (Phi) is 4.01. The second kappa shape index (κ2) is 6.61. The van der Waals surface area contributed by atoms with Crippen LogP contribution in [-0.2, 0) is 6.54 Å². The topological polar surface area (TPSA) is 37.6 Å². The van der Waals surface area contributed by atoms with Gasteiger partial charge in [0.05, 0.1) is 24.6 Å². The van der Waals surface area contributed by atoms with Crippen LogP contribution in [0.5, 0.6) is 0 Å². The number of aromatic nitrogens is 2. The molecule has 4 heteroatoms. The minimum absolute atomic E-state index is 0.0289. The lowest BCUT2D eigenvalue weighted by Gasteiger charge is -2.23. The van der Waals surface area contributed by atoms with Crippen molar-refractivity contribution >= 4 is 17.1 Å². The van der Waals surface area contributed by atoms with Gasteiger partial charge in [-0.2, -0.15) is 0 Å². The van der Waals surface area contributed by atoms with Crippen molar-refractivity contribution in [1.82, 2.24) is 9.38 Å². The number of para-hydroxylation sites is 1. The van der Waals surface area contributed by atoms with Gasteiger partial charge in [0, 0.05) is 17.4 Å². The molecule has 122 valence electrons. The van der Waals surface area contributed by atoms with Crippen LogP contribution >= 0.6 is 0 Å². The number of pyridine rings is 1. The molecule has 25 heavy (non-hydrogen) atoms. The first-order chi connectivity index (χ1) is 12.3. The van der Waals surface area contributed by atoms with Gasteiger partial charge in [0.25, 0.3) is 5.91 Å². The Balaban J connectivity index is 1.72. The van der Waals surface area contributed by atoms with E-state index in [2.05, 4.69) is 4.98 Å². The van der Waals surface area contributed by atoms with Crippen molar-refractivity contribution < 1.29 is 4.79 Å². The molecule has 1 amide bonds. The van der Waals surface area contributed by atoms with E-state index in [4.69, 9.17) is 0 Å². The first-order valence-electron chi connectivity index (χ1n) is 8.14. The average Bonchev–Trinajstić information content (AvgIpc) is 3.15. The minimum Gasteiger partial charge on any atom is -0.306 e. The molecule has 0 atom stereocenters. The molecule has 4 rings (SSSR count). The Hall–Kier alpha value is -3.40. The highest BCUT2D eigenvalue weighted by molar-refractivity contribution is 6.06. The Bertz CT molecular complexity index is 993. The van der Waals surface area contributed by atoms with E-state index in [1.807, 2.05) is 83.4 Å². The predicted molar refractivity (Wildman–Crippen MR) is 98.6 cm³/mol. The van der Waals surface area contributed by atoms with Gasteiger partial charge in [-0.05, 0) is 29.8 Å². The highest BCUT2D eigenvalue weighted by atomic mass is 16.2. The molecule has 0 saturated carbocycles. The molecule has 0 spiro atoms. The fourth-order valence-corrected chi connectivity index (χ4v) is 2.86. The number of rotatable bonds is 4. The van der Waals surface area contributed by atoms with E-state index in [9.17, 15) is 4.79 Å². The fourth-order valence-electron chi connectivity index (χ4n) is 2.86. The number of imidazole rings is 1. The summed E-state index contributed by atoms with van der Waals surface area (Å²) in [6.07, 6.45) is 5.34. The zero-order valence-corrected chi connectivity index (χ0v) is 13.6. The Morgan fingerprint density at radius 2 is 1.68 bits per heavy atom. The van der Waals surface area contributed by atoms with E-state index < -0.39 is 0 Å². The molecule has 0 fully saturated rings. The van der Waals surface area contributed by atoms with Crippen molar-refractivity contribution in [1.29, 1.82) is 0 Å². The van der Waals surface area contributed by atoms with Crippen LogP contribution in [0.1, 0.15) is 15.9 Å². The van der Waals surface area contributed by atoms with Gasteiger partial charge in [0.1, 0.15) is 0 Å². The van der Waals surface area contributed by atoms with E-state index >= 15 is 0 Å². The third-order valence-corrected chi connectivity index (χ3v) is 4.16. The summed E-state index contributed by atoms with van der Waals surface area (Å²) < 4.78 is 1.89. The first-order valence-corrected chi connectivity index (χ1v) is 8.14. The monoisotopic (exact) mass is 327 g/mol. The second-order valence-corrected chi connectivity index (χ2v) is 5.85. The van der Waals surface area contributed by atoms with E-state index in [1.165, 1.54) is 0 Å². The lowest BCUT2D eigenvalue weighted by atomic mass is 10.1. The molecule has 2 aromatic carbocycles. The van der Waals surface area contributed by atoms with E-state index in [1.54, 1.807) is 17.4 Å². The standard InChI is InChI=1S/C21H17N3O/c25-21(18-11-12-23-16-22-14-20(23)13-18)24(19-9-5-2-6-10-19)15-17-7-3-1-4-8-17/h1-14,16H,15H2. The molecule has 0 radical (unpaired) electrons. The summed E-state index contributed by atoms with van der Waals surface area (Å²) in [5.74, 6) is -0.0289. The lowest BCUT2D eigenvalue weighted by Crippen LogP contribution is -2.30. The van der Waals surface area contributed by atoms with Crippen molar-refractivity contribution in [3.05, 3.63) is 103 Å². The summed E-state index contributed by atoms with van der Waals surface area (Å²) in [5.41, 5.74) is 3.52. The second-order valence-electron chi connectivity index (χ2n) is 5.85. The normalized spacial score (nSPS) is 10.7. The van der Waals surface area contributed by atoms with Crippen LogP contribution in [0.15, 0.2) is 91.5 Å². The van der Waals surface area contributed by atoms with Crippen LogP contribution in [0, 0.1) is 0 Å². The Morgan fingerprint density at radius 3 is 2.44 bits per heavy atom. The summed E-state index contributed by atoms with van der Waals surface area (Å²) >= 11 is 0. The van der Waals surface area contributed by atoms with Crippen molar-refractivity contribution in [2.24, 2.45) is 0 Å². The minimum atomic E-state index is -0.0289. The third kappa shape index (κ3) is 3.15. The maximum Gasteiger partial charge on any atom is 0.258 e.